The Morgan fingerprint density at radius 2 is 1.78 bits per heavy atom. The largest absolute Gasteiger partial charge is 0.456 e. The Labute approximate surface area is 159 Å². The second-order valence-corrected chi connectivity index (χ2v) is 6.96. The topological polar surface area (TPSA) is 42.4 Å². The molecule has 0 radical (unpaired) electrons. The van der Waals surface area contributed by atoms with Gasteiger partial charge in [-0.15, -0.1) is 0 Å². The Balaban J connectivity index is 1.47. The number of nitrogens with zero attached hydrogens (tertiary/aromatic N) is 2. The fourth-order valence-electron chi connectivity index (χ4n) is 3.02. The first-order valence-electron chi connectivity index (χ1n) is 9.23. The molecule has 0 saturated heterocycles. The van der Waals surface area contributed by atoms with Crippen molar-refractivity contribution in [2.24, 2.45) is 0 Å². The van der Waals surface area contributed by atoms with Crippen LogP contribution in [0.25, 0.3) is 0 Å². The first kappa shape index (κ1) is 17.3. The average molecular weight is 358 g/mol. The van der Waals surface area contributed by atoms with Crippen LogP contribution >= 0.6 is 0 Å². The number of ether oxygens (including phenoxy) is 1. The molecule has 3 aromatic rings. The van der Waals surface area contributed by atoms with Crippen molar-refractivity contribution in [3.63, 3.8) is 0 Å². The van der Waals surface area contributed by atoms with Crippen molar-refractivity contribution in [1.82, 2.24) is 9.88 Å². The lowest BCUT2D eigenvalue weighted by atomic mass is 10.1. The van der Waals surface area contributed by atoms with Crippen LogP contribution in [0, 0.1) is 6.92 Å². The summed E-state index contributed by atoms with van der Waals surface area (Å²) < 4.78 is 5.75. The van der Waals surface area contributed by atoms with Gasteiger partial charge in [-0.2, -0.15) is 0 Å². The number of carbonyl (C=O) groups is 1. The first-order valence-corrected chi connectivity index (χ1v) is 9.23. The molecule has 0 spiro atoms. The quantitative estimate of drug-likeness (QED) is 0.623. The Kier molecular flexibility index (Phi) is 4.88. The van der Waals surface area contributed by atoms with E-state index in [-0.39, 0.29) is 5.91 Å². The van der Waals surface area contributed by atoms with Crippen molar-refractivity contribution >= 4 is 5.91 Å². The van der Waals surface area contributed by atoms with E-state index in [0.717, 1.165) is 18.4 Å². The molecular formula is C23H22N2O2. The number of hydrogen-bond donors (Lipinski definition) is 0. The molecule has 1 fully saturated rings. The highest BCUT2D eigenvalue weighted by Crippen LogP contribution is 2.30. The number of aromatic nitrogens is 1. The Hall–Kier alpha value is -3.14. The van der Waals surface area contributed by atoms with Crippen LogP contribution < -0.4 is 4.74 Å². The van der Waals surface area contributed by atoms with E-state index < -0.39 is 0 Å². The molecular weight excluding hydrogens is 336 g/mol. The average Bonchev–Trinajstić information content (AvgIpc) is 3.54. The van der Waals surface area contributed by atoms with Gasteiger partial charge in [0.15, 0.2) is 0 Å². The van der Waals surface area contributed by atoms with Gasteiger partial charge in [0.25, 0.3) is 5.91 Å². The number of rotatable bonds is 6. The molecule has 0 N–H and O–H groups in total. The molecule has 1 aromatic heterocycles. The molecule has 4 nitrogen and oxygen atoms in total. The summed E-state index contributed by atoms with van der Waals surface area (Å²) in [6.45, 7) is 2.72. The van der Waals surface area contributed by atoms with Crippen LogP contribution in [0.2, 0.25) is 0 Å². The summed E-state index contributed by atoms with van der Waals surface area (Å²) in [6, 6.07) is 19.7. The molecule has 1 heterocycles. The minimum atomic E-state index is 0.0750. The molecule has 4 heteroatoms. The summed E-state index contributed by atoms with van der Waals surface area (Å²) in [6.07, 6.45) is 5.53. The van der Waals surface area contributed by atoms with Gasteiger partial charge in [0.05, 0.1) is 6.20 Å². The molecule has 1 saturated carbocycles. The van der Waals surface area contributed by atoms with E-state index in [9.17, 15) is 4.79 Å². The van der Waals surface area contributed by atoms with E-state index in [1.807, 2.05) is 41.3 Å². The lowest BCUT2D eigenvalue weighted by molar-refractivity contribution is 0.0730. The van der Waals surface area contributed by atoms with Crippen molar-refractivity contribution < 1.29 is 9.53 Å². The lowest BCUT2D eigenvalue weighted by Crippen LogP contribution is -2.32. The van der Waals surface area contributed by atoms with E-state index in [1.54, 1.807) is 12.4 Å². The molecule has 0 atom stereocenters. The van der Waals surface area contributed by atoms with Crippen LogP contribution in [0.5, 0.6) is 11.5 Å². The van der Waals surface area contributed by atoms with Crippen LogP contribution in [-0.2, 0) is 6.54 Å². The third kappa shape index (κ3) is 4.34. The van der Waals surface area contributed by atoms with Crippen LogP contribution in [0.15, 0.2) is 73.1 Å². The zero-order chi connectivity index (χ0) is 18.6. The molecule has 1 aliphatic rings. The van der Waals surface area contributed by atoms with Crippen molar-refractivity contribution in [1.29, 1.82) is 0 Å². The number of benzene rings is 2. The fourth-order valence-corrected chi connectivity index (χ4v) is 3.02. The van der Waals surface area contributed by atoms with Crippen molar-refractivity contribution in [3.8, 4) is 11.5 Å². The van der Waals surface area contributed by atoms with Crippen LogP contribution in [0.3, 0.4) is 0 Å². The van der Waals surface area contributed by atoms with E-state index in [0.29, 0.717) is 29.6 Å². The molecule has 0 bridgehead atoms. The van der Waals surface area contributed by atoms with Crippen molar-refractivity contribution in [2.75, 3.05) is 0 Å². The molecule has 0 aliphatic heterocycles. The van der Waals surface area contributed by atoms with E-state index in [4.69, 9.17) is 4.74 Å². The highest BCUT2D eigenvalue weighted by atomic mass is 16.5. The van der Waals surface area contributed by atoms with E-state index in [2.05, 4.69) is 36.2 Å². The number of hydrogen-bond acceptors (Lipinski definition) is 3. The third-order valence-electron chi connectivity index (χ3n) is 4.69. The second-order valence-electron chi connectivity index (χ2n) is 6.96. The van der Waals surface area contributed by atoms with Gasteiger partial charge >= 0.3 is 0 Å². The summed E-state index contributed by atoms with van der Waals surface area (Å²) in [4.78, 5) is 19.1. The summed E-state index contributed by atoms with van der Waals surface area (Å²) in [5.74, 6) is 1.44. The highest BCUT2D eigenvalue weighted by molar-refractivity contribution is 5.94. The molecule has 2 aromatic carbocycles. The van der Waals surface area contributed by atoms with Crippen LogP contribution in [0.1, 0.15) is 34.3 Å². The third-order valence-corrected chi connectivity index (χ3v) is 4.69. The molecule has 0 unspecified atom stereocenters. The predicted octanol–water partition coefficient (Wildman–Crippen LogP) is 4.99. The molecule has 1 amide bonds. The van der Waals surface area contributed by atoms with Crippen molar-refractivity contribution in [2.45, 2.75) is 32.4 Å². The number of aryl methyl sites for hydroxylation is 1. The monoisotopic (exact) mass is 358 g/mol. The first-order chi connectivity index (χ1) is 13.2. The van der Waals surface area contributed by atoms with Gasteiger partial charge in [0, 0.05) is 24.3 Å². The summed E-state index contributed by atoms with van der Waals surface area (Å²) >= 11 is 0. The Morgan fingerprint density at radius 3 is 2.41 bits per heavy atom. The van der Waals surface area contributed by atoms with Crippen LogP contribution in [0.4, 0.5) is 0 Å². The standard InChI is InChI=1S/C23H22N2O2/c1-17-4-6-18(7-5-17)16-25(20-10-11-20)23(26)19-8-12-21(13-9-19)27-22-3-2-14-24-15-22/h2-9,12-15,20H,10-11,16H2,1H3. The highest BCUT2D eigenvalue weighted by Gasteiger charge is 2.33. The zero-order valence-electron chi connectivity index (χ0n) is 15.3. The predicted molar refractivity (Wildman–Crippen MR) is 105 cm³/mol. The van der Waals surface area contributed by atoms with Gasteiger partial charge in [-0.05, 0) is 61.7 Å². The number of amides is 1. The molecule has 27 heavy (non-hydrogen) atoms. The minimum Gasteiger partial charge on any atom is -0.456 e. The summed E-state index contributed by atoms with van der Waals surface area (Å²) in [7, 11) is 0. The van der Waals surface area contributed by atoms with E-state index in [1.165, 1.54) is 5.56 Å². The van der Waals surface area contributed by atoms with Gasteiger partial charge in [-0.25, -0.2) is 0 Å². The Bertz CT molecular complexity index is 901. The fraction of sp³-hybridized carbons (Fsp3) is 0.217. The maximum absolute atomic E-state index is 13.0. The summed E-state index contributed by atoms with van der Waals surface area (Å²) in [5.41, 5.74) is 3.08. The van der Waals surface area contributed by atoms with E-state index >= 15 is 0 Å². The van der Waals surface area contributed by atoms with Crippen molar-refractivity contribution in [3.05, 3.63) is 89.7 Å². The zero-order valence-corrected chi connectivity index (χ0v) is 15.3. The number of carbonyl (C=O) groups excluding carboxylic acids is 1. The normalized spacial score (nSPS) is 13.2. The van der Waals surface area contributed by atoms with Gasteiger partial charge in [-0.1, -0.05) is 29.8 Å². The second kappa shape index (κ2) is 7.62. The lowest BCUT2D eigenvalue weighted by Gasteiger charge is -2.23. The molecule has 4 rings (SSSR count). The molecule has 1 aliphatic carbocycles. The van der Waals surface area contributed by atoms with Gasteiger partial charge in [0.1, 0.15) is 11.5 Å². The smallest absolute Gasteiger partial charge is 0.254 e. The Morgan fingerprint density at radius 1 is 1.04 bits per heavy atom. The van der Waals surface area contributed by atoms with Crippen LogP contribution in [-0.4, -0.2) is 21.8 Å². The number of pyridine rings is 1. The van der Waals surface area contributed by atoms with Gasteiger partial charge in [0.2, 0.25) is 0 Å². The van der Waals surface area contributed by atoms with Gasteiger partial charge in [-0.3, -0.25) is 9.78 Å². The minimum absolute atomic E-state index is 0.0750. The SMILES string of the molecule is Cc1ccc(CN(C(=O)c2ccc(Oc3cccnc3)cc2)C2CC2)cc1. The maximum atomic E-state index is 13.0. The molecule has 136 valence electrons. The maximum Gasteiger partial charge on any atom is 0.254 e. The summed E-state index contributed by atoms with van der Waals surface area (Å²) in [5, 5.41) is 0. The van der Waals surface area contributed by atoms with Gasteiger partial charge < -0.3 is 9.64 Å².